The average Bonchev–Trinajstić information content (AvgIpc) is 2.26. The zero-order chi connectivity index (χ0) is 14.6. The third-order valence-corrected chi connectivity index (χ3v) is 2.84. The predicted octanol–water partition coefficient (Wildman–Crippen LogP) is 2.47. The summed E-state index contributed by atoms with van der Waals surface area (Å²) in [7, 11) is 1.31. The number of carbonyl (C=O) groups is 1. The zero-order valence-corrected chi connectivity index (χ0v) is 10.8. The van der Waals surface area contributed by atoms with Crippen LogP contribution in [0.3, 0.4) is 0 Å². The summed E-state index contributed by atoms with van der Waals surface area (Å²) in [5.41, 5.74) is 5.51. The summed E-state index contributed by atoms with van der Waals surface area (Å²) in [5.74, 6) is -2.73. The SMILES string of the molecule is COc1cc(F)c(C(N)CC(C)CC(=O)O)c(F)c1. The molecule has 0 aliphatic heterocycles. The van der Waals surface area contributed by atoms with Crippen LogP contribution in [0.5, 0.6) is 5.75 Å². The highest BCUT2D eigenvalue weighted by Gasteiger charge is 2.21. The van der Waals surface area contributed by atoms with Crippen molar-refractivity contribution in [3.63, 3.8) is 0 Å². The van der Waals surface area contributed by atoms with Crippen LogP contribution >= 0.6 is 0 Å². The second kappa shape index (κ2) is 6.47. The number of benzene rings is 1. The molecule has 0 bridgehead atoms. The van der Waals surface area contributed by atoms with Gasteiger partial charge < -0.3 is 15.6 Å². The number of hydrogen-bond acceptors (Lipinski definition) is 3. The molecule has 0 aliphatic carbocycles. The second-order valence-electron chi connectivity index (χ2n) is 4.55. The summed E-state index contributed by atoms with van der Waals surface area (Å²) in [4.78, 5) is 10.5. The number of aliphatic carboxylic acids is 1. The Morgan fingerprint density at radius 3 is 2.37 bits per heavy atom. The molecule has 19 heavy (non-hydrogen) atoms. The molecular weight excluding hydrogens is 256 g/mol. The van der Waals surface area contributed by atoms with Crippen molar-refractivity contribution < 1.29 is 23.4 Å². The van der Waals surface area contributed by atoms with Gasteiger partial charge >= 0.3 is 5.97 Å². The van der Waals surface area contributed by atoms with Crippen LogP contribution in [0, 0.1) is 17.6 Å². The fraction of sp³-hybridized carbons (Fsp3) is 0.462. The van der Waals surface area contributed by atoms with Crippen LogP contribution in [0.1, 0.15) is 31.4 Å². The molecule has 1 aromatic rings. The van der Waals surface area contributed by atoms with Gasteiger partial charge in [-0.15, -0.1) is 0 Å². The molecule has 1 rings (SSSR count). The number of hydrogen-bond donors (Lipinski definition) is 2. The minimum absolute atomic E-state index is 0.0736. The quantitative estimate of drug-likeness (QED) is 0.835. The summed E-state index contributed by atoms with van der Waals surface area (Å²) in [5, 5.41) is 8.64. The van der Waals surface area contributed by atoms with Crippen molar-refractivity contribution >= 4 is 5.97 Å². The minimum Gasteiger partial charge on any atom is -0.497 e. The van der Waals surface area contributed by atoms with Crippen molar-refractivity contribution in [2.24, 2.45) is 11.7 Å². The van der Waals surface area contributed by atoms with E-state index in [1.165, 1.54) is 7.11 Å². The zero-order valence-electron chi connectivity index (χ0n) is 10.8. The molecule has 0 aromatic heterocycles. The van der Waals surface area contributed by atoms with Gasteiger partial charge in [0.1, 0.15) is 17.4 Å². The van der Waals surface area contributed by atoms with Crippen molar-refractivity contribution in [2.75, 3.05) is 7.11 Å². The molecule has 6 heteroatoms. The van der Waals surface area contributed by atoms with Gasteiger partial charge in [-0.25, -0.2) is 8.78 Å². The van der Waals surface area contributed by atoms with Gasteiger partial charge in [-0.05, 0) is 12.3 Å². The number of ether oxygens (including phenoxy) is 1. The molecule has 0 radical (unpaired) electrons. The summed E-state index contributed by atoms with van der Waals surface area (Å²) in [6.45, 7) is 1.67. The van der Waals surface area contributed by atoms with E-state index >= 15 is 0 Å². The Morgan fingerprint density at radius 2 is 1.95 bits per heavy atom. The van der Waals surface area contributed by atoms with Gasteiger partial charge in [0.25, 0.3) is 0 Å². The van der Waals surface area contributed by atoms with Gasteiger partial charge in [-0.1, -0.05) is 6.92 Å². The standard InChI is InChI=1S/C13H17F2NO3/c1-7(4-12(17)18)3-11(16)13-9(14)5-8(19-2)6-10(13)15/h5-7,11H,3-4,16H2,1-2H3,(H,17,18). The number of carboxylic acid groups (broad SMARTS) is 1. The fourth-order valence-corrected chi connectivity index (χ4v) is 1.97. The molecule has 3 N–H and O–H groups in total. The molecule has 0 spiro atoms. The lowest BCUT2D eigenvalue weighted by Gasteiger charge is -2.18. The molecule has 0 amide bonds. The average molecular weight is 273 g/mol. The van der Waals surface area contributed by atoms with E-state index in [2.05, 4.69) is 0 Å². The van der Waals surface area contributed by atoms with E-state index in [9.17, 15) is 13.6 Å². The second-order valence-corrected chi connectivity index (χ2v) is 4.55. The first-order valence-electron chi connectivity index (χ1n) is 5.85. The summed E-state index contributed by atoms with van der Waals surface area (Å²) < 4.78 is 32.2. The molecule has 4 nitrogen and oxygen atoms in total. The molecule has 2 unspecified atom stereocenters. The monoisotopic (exact) mass is 273 g/mol. The lowest BCUT2D eigenvalue weighted by molar-refractivity contribution is -0.138. The Labute approximate surface area is 110 Å². The van der Waals surface area contributed by atoms with Crippen LogP contribution in [-0.2, 0) is 4.79 Å². The predicted molar refractivity (Wildman–Crippen MR) is 65.9 cm³/mol. The lowest BCUT2D eigenvalue weighted by atomic mass is 9.93. The first kappa shape index (κ1) is 15.4. The Kier molecular flexibility index (Phi) is 5.23. The molecule has 2 atom stereocenters. The van der Waals surface area contributed by atoms with Crippen molar-refractivity contribution in [1.29, 1.82) is 0 Å². The normalized spacial score (nSPS) is 13.9. The van der Waals surface area contributed by atoms with E-state index in [0.29, 0.717) is 0 Å². The summed E-state index contributed by atoms with van der Waals surface area (Å²) >= 11 is 0. The van der Waals surface area contributed by atoms with Crippen LogP contribution in [0.15, 0.2) is 12.1 Å². The highest BCUT2D eigenvalue weighted by Crippen LogP contribution is 2.28. The third kappa shape index (κ3) is 4.17. The topological polar surface area (TPSA) is 72.5 Å². The number of nitrogens with two attached hydrogens (primary N) is 1. The Bertz CT molecular complexity index is 442. The van der Waals surface area contributed by atoms with Gasteiger partial charge in [0, 0.05) is 30.2 Å². The molecule has 0 saturated carbocycles. The maximum atomic E-state index is 13.7. The Balaban J connectivity index is 2.87. The molecule has 0 fully saturated rings. The van der Waals surface area contributed by atoms with Crippen molar-refractivity contribution in [2.45, 2.75) is 25.8 Å². The maximum Gasteiger partial charge on any atom is 0.303 e. The van der Waals surface area contributed by atoms with E-state index in [1.54, 1.807) is 6.92 Å². The summed E-state index contributed by atoms with van der Waals surface area (Å²) in [6, 6.07) is 1.22. The van der Waals surface area contributed by atoms with E-state index in [1.807, 2.05) is 0 Å². The van der Waals surface area contributed by atoms with Crippen molar-refractivity contribution in [3.8, 4) is 5.75 Å². The maximum absolute atomic E-state index is 13.7. The highest BCUT2D eigenvalue weighted by atomic mass is 19.1. The molecule has 1 aromatic carbocycles. The number of halogens is 2. The van der Waals surface area contributed by atoms with Crippen molar-refractivity contribution in [1.82, 2.24) is 0 Å². The smallest absolute Gasteiger partial charge is 0.303 e. The van der Waals surface area contributed by atoms with Crippen LogP contribution in [0.2, 0.25) is 0 Å². The van der Waals surface area contributed by atoms with Crippen LogP contribution in [0.25, 0.3) is 0 Å². The van der Waals surface area contributed by atoms with Crippen LogP contribution in [0.4, 0.5) is 8.78 Å². The van der Waals surface area contributed by atoms with Gasteiger partial charge in [-0.2, -0.15) is 0 Å². The number of methoxy groups -OCH3 is 1. The van der Waals surface area contributed by atoms with Gasteiger partial charge in [0.05, 0.1) is 7.11 Å². The first-order chi connectivity index (χ1) is 8.85. The fourth-order valence-electron chi connectivity index (χ4n) is 1.97. The molecule has 0 aliphatic rings. The highest BCUT2D eigenvalue weighted by molar-refractivity contribution is 5.66. The van der Waals surface area contributed by atoms with E-state index < -0.39 is 23.6 Å². The minimum atomic E-state index is -0.963. The molecule has 0 saturated heterocycles. The van der Waals surface area contributed by atoms with E-state index in [4.69, 9.17) is 15.6 Å². The van der Waals surface area contributed by atoms with Crippen LogP contribution < -0.4 is 10.5 Å². The first-order valence-corrected chi connectivity index (χ1v) is 5.85. The molecule has 0 heterocycles. The molecule has 106 valence electrons. The molecular formula is C13H17F2NO3. The summed E-state index contributed by atoms with van der Waals surface area (Å²) in [6.07, 6.45) is 0.0968. The number of carboxylic acids is 1. The van der Waals surface area contributed by atoms with Gasteiger partial charge in [0.15, 0.2) is 0 Å². The number of rotatable bonds is 6. The largest absolute Gasteiger partial charge is 0.497 e. The Hall–Kier alpha value is -1.69. The van der Waals surface area contributed by atoms with E-state index in [-0.39, 0.29) is 30.1 Å². The van der Waals surface area contributed by atoms with Crippen LogP contribution in [-0.4, -0.2) is 18.2 Å². The van der Waals surface area contributed by atoms with Crippen molar-refractivity contribution in [3.05, 3.63) is 29.3 Å². The third-order valence-electron chi connectivity index (χ3n) is 2.84. The van der Waals surface area contributed by atoms with E-state index in [0.717, 1.165) is 12.1 Å². The van der Waals surface area contributed by atoms with Gasteiger partial charge in [-0.3, -0.25) is 4.79 Å². The lowest BCUT2D eigenvalue weighted by Crippen LogP contribution is -2.18. The Morgan fingerprint density at radius 1 is 1.42 bits per heavy atom. The van der Waals surface area contributed by atoms with Gasteiger partial charge in [0.2, 0.25) is 0 Å².